The number of aliphatic hydroxyl groups is 1. The Morgan fingerprint density at radius 3 is 2.00 bits per heavy atom. The van der Waals surface area contributed by atoms with E-state index >= 15 is 0 Å². The fraction of sp³-hybridized carbons (Fsp3) is 0.833. The van der Waals surface area contributed by atoms with Crippen LogP contribution in [0.1, 0.15) is 13.3 Å². The van der Waals surface area contributed by atoms with Gasteiger partial charge in [-0.1, -0.05) is 0 Å². The van der Waals surface area contributed by atoms with Gasteiger partial charge in [0.25, 0.3) is 0 Å². The summed E-state index contributed by atoms with van der Waals surface area (Å²) in [6, 6.07) is 0. The third-order valence-electron chi connectivity index (χ3n) is 1.08. The molecule has 0 fully saturated rings. The van der Waals surface area contributed by atoms with Gasteiger partial charge in [0, 0.05) is 6.42 Å². The summed E-state index contributed by atoms with van der Waals surface area (Å²) in [6.07, 6.45) is -0.458. The molecule has 0 amide bonds. The highest BCUT2D eigenvalue weighted by atomic mass is 19.1. The lowest BCUT2D eigenvalue weighted by molar-refractivity contribution is -0.123. The Hall–Kier alpha value is -0.510. The van der Waals surface area contributed by atoms with Gasteiger partial charge in [0.15, 0.2) is 0 Å². The molecule has 0 rings (SSSR count). The average Bonchev–Trinajstić information content (AvgIpc) is 1.87. The van der Waals surface area contributed by atoms with E-state index in [0.717, 1.165) is 0 Å². The molecule has 0 radical (unpaired) electrons. The topological polar surface area (TPSA) is 37.3 Å². The van der Waals surface area contributed by atoms with E-state index in [2.05, 4.69) is 0 Å². The second kappa shape index (κ2) is 3.61. The maximum atomic E-state index is 11.8. The summed E-state index contributed by atoms with van der Waals surface area (Å²) < 4.78 is 23.5. The molecule has 0 aromatic rings. The predicted octanol–water partition coefficient (Wildman–Crippen LogP) is 0.636. The van der Waals surface area contributed by atoms with Gasteiger partial charge in [-0.05, 0) is 6.92 Å². The van der Waals surface area contributed by atoms with Crippen molar-refractivity contribution < 1.29 is 18.7 Å². The summed E-state index contributed by atoms with van der Waals surface area (Å²) in [7, 11) is 0. The number of Topliss-reactive ketones (excluding diaryl/α,β-unsaturated/α-hetero) is 1. The van der Waals surface area contributed by atoms with Gasteiger partial charge < -0.3 is 5.11 Å². The predicted molar refractivity (Wildman–Crippen MR) is 32.2 cm³/mol. The highest BCUT2D eigenvalue weighted by Crippen LogP contribution is 2.11. The zero-order chi connectivity index (χ0) is 8.20. The largest absolute Gasteiger partial charge is 0.384 e. The SMILES string of the molecule is CC(=O)CC(O)(CF)CF. The average molecular weight is 152 g/mol. The lowest BCUT2D eigenvalue weighted by Gasteiger charge is -2.18. The molecule has 0 atom stereocenters. The minimum Gasteiger partial charge on any atom is -0.384 e. The van der Waals surface area contributed by atoms with E-state index in [9.17, 15) is 13.6 Å². The molecule has 0 saturated heterocycles. The van der Waals surface area contributed by atoms with Crippen molar-refractivity contribution in [2.75, 3.05) is 13.3 Å². The minimum atomic E-state index is -2.08. The van der Waals surface area contributed by atoms with Gasteiger partial charge in [0.05, 0.1) is 0 Å². The van der Waals surface area contributed by atoms with E-state index in [0.29, 0.717) is 0 Å². The van der Waals surface area contributed by atoms with E-state index in [4.69, 9.17) is 5.11 Å². The zero-order valence-electron chi connectivity index (χ0n) is 5.73. The quantitative estimate of drug-likeness (QED) is 0.641. The third kappa shape index (κ3) is 2.87. The number of alkyl halides is 2. The van der Waals surface area contributed by atoms with Crippen molar-refractivity contribution in [3.63, 3.8) is 0 Å². The van der Waals surface area contributed by atoms with Gasteiger partial charge >= 0.3 is 0 Å². The molecule has 0 aliphatic rings. The van der Waals surface area contributed by atoms with Crippen molar-refractivity contribution in [1.29, 1.82) is 0 Å². The van der Waals surface area contributed by atoms with Gasteiger partial charge in [0.2, 0.25) is 0 Å². The maximum absolute atomic E-state index is 11.8. The molecule has 0 saturated carbocycles. The van der Waals surface area contributed by atoms with Crippen molar-refractivity contribution in [2.45, 2.75) is 18.9 Å². The van der Waals surface area contributed by atoms with Crippen LogP contribution in [0.25, 0.3) is 0 Å². The second-order valence-electron chi connectivity index (χ2n) is 2.37. The molecule has 0 aliphatic heterocycles. The van der Waals surface area contributed by atoms with Crippen LogP contribution in [-0.4, -0.2) is 29.8 Å². The van der Waals surface area contributed by atoms with E-state index in [1.807, 2.05) is 0 Å². The molecular weight excluding hydrogens is 142 g/mol. The van der Waals surface area contributed by atoms with Crippen LogP contribution in [0.15, 0.2) is 0 Å². The van der Waals surface area contributed by atoms with Crippen LogP contribution in [0.3, 0.4) is 0 Å². The number of halogens is 2. The number of carbonyl (C=O) groups excluding carboxylic acids is 1. The molecule has 0 aliphatic carbocycles. The summed E-state index contributed by atoms with van der Waals surface area (Å²) in [5.41, 5.74) is -2.08. The molecule has 0 spiro atoms. The van der Waals surface area contributed by atoms with Crippen LogP contribution in [0.5, 0.6) is 0 Å². The standard InChI is InChI=1S/C6H10F2O2/c1-5(9)2-6(10,3-7)4-8/h10H,2-4H2,1H3. The highest BCUT2D eigenvalue weighted by molar-refractivity contribution is 5.76. The Bertz CT molecular complexity index is 121. The Kier molecular flexibility index (Phi) is 3.42. The van der Waals surface area contributed by atoms with E-state index in [-0.39, 0.29) is 0 Å². The summed E-state index contributed by atoms with van der Waals surface area (Å²) in [5.74, 6) is -0.419. The first-order valence-corrected chi connectivity index (χ1v) is 2.88. The van der Waals surface area contributed by atoms with Gasteiger partial charge in [-0.3, -0.25) is 4.79 Å². The molecule has 1 N–H and O–H groups in total. The molecule has 2 nitrogen and oxygen atoms in total. The Balaban J connectivity index is 3.92. The molecule has 0 unspecified atom stereocenters. The Labute approximate surface area is 57.9 Å². The number of hydrogen-bond donors (Lipinski definition) is 1. The summed E-state index contributed by atoms with van der Waals surface area (Å²) in [4.78, 5) is 10.3. The monoisotopic (exact) mass is 152 g/mol. The first-order valence-electron chi connectivity index (χ1n) is 2.88. The van der Waals surface area contributed by atoms with E-state index in [1.54, 1.807) is 0 Å². The number of hydrogen-bond acceptors (Lipinski definition) is 2. The smallest absolute Gasteiger partial charge is 0.132 e. The summed E-state index contributed by atoms with van der Waals surface area (Å²) in [6.45, 7) is -1.26. The van der Waals surface area contributed by atoms with Gasteiger partial charge in [-0.15, -0.1) is 0 Å². The van der Waals surface area contributed by atoms with Crippen molar-refractivity contribution in [3.8, 4) is 0 Å². The van der Waals surface area contributed by atoms with Crippen LogP contribution in [0, 0.1) is 0 Å². The van der Waals surface area contributed by atoms with Crippen molar-refractivity contribution >= 4 is 5.78 Å². The van der Waals surface area contributed by atoms with Gasteiger partial charge in [-0.25, -0.2) is 8.78 Å². The van der Waals surface area contributed by atoms with Crippen LogP contribution >= 0.6 is 0 Å². The molecule has 60 valence electrons. The minimum absolute atomic E-state index is 0.419. The summed E-state index contributed by atoms with van der Waals surface area (Å²) >= 11 is 0. The Morgan fingerprint density at radius 2 is 1.90 bits per heavy atom. The van der Waals surface area contributed by atoms with Crippen molar-refractivity contribution in [1.82, 2.24) is 0 Å². The summed E-state index contributed by atoms with van der Waals surface area (Å²) in [5, 5.41) is 8.83. The fourth-order valence-electron chi connectivity index (χ4n) is 0.594. The van der Waals surface area contributed by atoms with Crippen LogP contribution in [-0.2, 0) is 4.79 Å². The van der Waals surface area contributed by atoms with E-state index in [1.165, 1.54) is 6.92 Å². The molecule has 0 heterocycles. The second-order valence-corrected chi connectivity index (χ2v) is 2.37. The lowest BCUT2D eigenvalue weighted by Crippen LogP contribution is -2.36. The Morgan fingerprint density at radius 1 is 1.50 bits per heavy atom. The molecule has 0 aromatic carbocycles. The van der Waals surface area contributed by atoms with Crippen LogP contribution in [0.2, 0.25) is 0 Å². The molecule has 0 bridgehead atoms. The number of carbonyl (C=O) groups is 1. The first kappa shape index (κ1) is 9.49. The van der Waals surface area contributed by atoms with Crippen LogP contribution < -0.4 is 0 Å². The van der Waals surface area contributed by atoms with Crippen molar-refractivity contribution in [3.05, 3.63) is 0 Å². The molecular formula is C6H10F2O2. The third-order valence-corrected chi connectivity index (χ3v) is 1.08. The van der Waals surface area contributed by atoms with Crippen molar-refractivity contribution in [2.24, 2.45) is 0 Å². The normalized spacial score (nSPS) is 11.6. The molecule has 10 heavy (non-hydrogen) atoms. The molecule has 4 heteroatoms. The molecule has 0 aromatic heterocycles. The van der Waals surface area contributed by atoms with E-state index < -0.39 is 31.2 Å². The van der Waals surface area contributed by atoms with Crippen LogP contribution in [0.4, 0.5) is 8.78 Å². The zero-order valence-corrected chi connectivity index (χ0v) is 5.73. The number of rotatable bonds is 4. The first-order chi connectivity index (χ1) is 4.54. The number of ketones is 1. The van der Waals surface area contributed by atoms with Gasteiger partial charge in [0.1, 0.15) is 24.7 Å². The van der Waals surface area contributed by atoms with Gasteiger partial charge in [-0.2, -0.15) is 0 Å². The maximum Gasteiger partial charge on any atom is 0.132 e. The lowest BCUT2D eigenvalue weighted by atomic mass is 10.0. The fourth-order valence-corrected chi connectivity index (χ4v) is 0.594. The highest BCUT2D eigenvalue weighted by Gasteiger charge is 2.28.